The summed E-state index contributed by atoms with van der Waals surface area (Å²) in [4.78, 5) is 11.9. The van der Waals surface area contributed by atoms with Crippen LogP contribution < -0.4 is 10.1 Å². The van der Waals surface area contributed by atoms with Gasteiger partial charge >= 0.3 is 0 Å². The van der Waals surface area contributed by atoms with Gasteiger partial charge in [-0.15, -0.1) is 0 Å². The van der Waals surface area contributed by atoms with Crippen LogP contribution >= 0.6 is 0 Å². The zero-order chi connectivity index (χ0) is 15.6. The van der Waals surface area contributed by atoms with Crippen LogP contribution in [-0.4, -0.2) is 23.7 Å². The number of carbonyl (C=O) groups is 1. The molecule has 1 aliphatic carbocycles. The number of aliphatic hydroxyl groups excluding tert-OH is 1. The molecule has 0 heterocycles. The molecule has 1 saturated carbocycles. The van der Waals surface area contributed by atoms with E-state index in [9.17, 15) is 9.90 Å². The molecule has 2 rings (SSSR count). The Kier molecular flexibility index (Phi) is 4.57. The van der Waals surface area contributed by atoms with Gasteiger partial charge in [0.05, 0.1) is 12.2 Å². The Balaban J connectivity index is 1.83. The molecular weight excluding hydrogens is 266 g/mol. The standard InChI is InChI=1S/C17H25NO3/c1-11(2)21-13-7-5-12(6-8-13)15(19)10-18-16(20)14-9-17(14,3)4/h5-8,11,14-15,19H,9-10H2,1-4H3,(H,18,20). The molecule has 116 valence electrons. The number of hydrogen-bond acceptors (Lipinski definition) is 3. The molecule has 1 fully saturated rings. The second kappa shape index (κ2) is 6.06. The number of nitrogens with one attached hydrogen (secondary N) is 1. The van der Waals surface area contributed by atoms with Crippen molar-refractivity contribution in [2.24, 2.45) is 11.3 Å². The predicted octanol–water partition coefficient (Wildman–Crippen LogP) is 2.67. The summed E-state index contributed by atoms with van der Waals surface area (Å²) in [6.45, 7) is 8.35. The summed E-state index contributed by atoms with van der Waals surface area (Å²) < 4.78 is 5.56. The fourth-order valence-corrected chi connectivity index (χ4v) is 2.39. The molecule has 0 aliphatic heterocycles. The number of rotatable bonds is 6. The van der Waals surface area contributed by atoms with E-state index in [1.165, 1.54) is 0 Å². The molecule has 1 aromatic carbocycles. The molecule has 0 bridgehead atoms. The van der Waals surface area contributed by atoms with Crippen molar-refractivity contribution < 1.29 is 14.6 Å². The zero-order valence-electron chi connectivity index (χ0n) is 13.2. The van der Waals surface area contributed by atoms with Crippen LogP contribution in [-0.2, 0) is 4.79 Å². The highest BCUT2D eigenvalue weighted by Gasteiger charge is 2.50. The number of amides is 1. The average molecular weight is 291 g/mol. The molecule has 2 unspecified atom stereocenters. The highest BCUT2D eigenvalue weighted by Crippen LogP contribution is 2.51. The first-order chi connectivity index (χ1) is 9.79. The maximum atomic E-state index is 11.9. The Hall–Kier alpha value is -1.55. The van der Waals surface area contributed by atoms with Crippen LogP contribution in [0, 0.1) is 11.3 Å². The summed E-state index contributed by atoms with van der Waals surface area (Å²) in [6.07, 6.45) is 0.363. The summed E-state index contributed by atoms with van der Waals surface area (Å²) in [7, 11) is 0. The fourth-order valence-electron chi connectivity index (χ4n) is 2.39. The molecule has 1 aliphatic rings. The lowest BCUT2D eigenvalue weighted by Crippen LogP contribution is -2.30. The normalized spacial score (nSPS) is 21.0. The molecule has 4 heteroatoms. The summed E-state index contributed by atoms with van der Waals surface area (Å²) in [6, 6.07) is 7.33. The minimum Gasteiger partial charge on any atom is -0.491 e. The zero-order valence-corrected chi connectivity index (χ0v) is 13.2. The van der Waals surface area contributed by atoms with Gasteiger partial charge in [0.15, 0.2) is 0 Å². The van der Waals surface area contributed by atoms with Crippen molar-refractivity contribution in [3.8, 4) is 5.75 Å². The molecular formula is C17H25NO3. The second-order valence-corrected chi connectivity index (χ2v) is 6.74. The first-order valence-electron chi connectivity index (χ1n) is 7.52. The molecule has 21 heavy (non-hydrogen) atoms. The van der Waals surface area contributed by atoms with Crippen molar-refractivity contribution in [3.05, 3.63) is 29.8 Å². The smallest absolute Gasteiger partial charge is 0.223 e. The Morgan fingerprint density at radius 1 is 1.38 bits per heavy atom. The predicted molar refractivity (Wildman–Crippen MR) is 82.1 cm³/mol. The Morgan fingerprint density at radius 2 is 1.95 bits per heavy atom. The monoisotopic (exact) mass is 291 g/mol. The van der Waals surface area contributed by atoms with Crippen LogP contribution in [0.1, 0.15) is 45.8 Å². The van der Waals surface area contributed by atoms with E-state index in [-0.39, 0.29) is 29.9 Å². The van der Waals surface area contributed by atoms with Gasteiger partial charge < -0.3 is 15.2 Å². The van der Waals surface area contributed by atoms with Crippen molar-refractivity contribution in [2.45, 2.75) is 46.3 Å². The van der Waals surface area contributed by atoms with E-state index in [0.717, 1.165) is 17.7 Å². The topological polar surface area (TPSA) is 58.6 Å². The van der Waals surface area contributed by atoms with E-state index < -0.39 is 6.10 Å². The Bertz CT molecular complexity index is 493. The number of carbonyl (C=O) groups excluding carboxylic acids is 1. The third kappa shape index (κ3) is 4.21. The lowest BCUT2D eigenvalue weighted by atomic mass is 10.1. The van der Waals surface area contributed by atoms with Gasteiger partial charge in [-0.3, -0.25) is 4.79 Å². The summed E-state index contributed by atoms with van der Waals surface area (Å²) in [5, 5.41) is 12.9. The minimum atomic E-state index is -0.691. The molecule has 1 amide bonds. The van der Waals surface area contributed by atoms with Gasteiger partial charge in [-0.05, 0) is 43.4 Å². The molecule has 0 saturated heterocycles. The lowest BCUT2D eigenvalue weighted by Gasteiger charge is -2.14. The van der Waals surface area contributed by atoms with Gasteiger partial charge in [0, 0.05) is 12.5 Å². The van der Waals surface area contributed by atoms with Gasteiger partial charge in [0.2, 0.25) is 5.91 Å². The fraction of sp³-hybridized carbons (Fsp3) is 0.588. The molecule has 2 atom stereocenters. The van der Waals surface area contributed by atoms with Gasteiger partial charge in [-0.2, -0.15) is 0 Å². The molecule has 0 spiro atoms. The van der Waals surface area contributed by atoms with E-state index in [0.29, 0.717) is 0 Å². The van der Waals surface area contributed by atoms with E-state index in [2.05, 4.69) is 19.2 Å². The first kappa shape index (κ1) is 15.8. The summed E-state index contributed by atoms with van der Waals surface area (Å²) in [5.74, 6) is 0.912. The van der Waals surface area contributed by atoms with Gasteiger partial charge in [0.25, 0.3) is 0 Å². The molecule has 2 N–H and O–H groups in total. The lowest BCUT2D eigenvalue weighted by molar-refractivity contribution is -0.123. The van der Waals surface area contributed by atoms with Gasteiger partial charge in [0.1, 0.15) is 5.75 Å². The molecule has 1 aromatic rings. The minimum absolute atomic E-state index is 0.0406. The third-order valence-electron chi connectivity index (χ3n) is 3.94. The van der Waals surface area contributed by atoms with Crippen molar-refractivity contribution in [2.75, 3.05) is 6.54 Å². The highest BCUT2D eigenvalue weighted by molar-refractivity contribution is 5.82. The van der Waals surface area contributed by atoms with Gasteiger partial charge in [-0.1, -0.05) is 26.0 Å². The van der Waals surface area contributed by atoms with Crippen LogP contribution in [0.5, 0.6) is 5.75 Å². The maximum absolute atomic E-state index is 11.9. The molecule has 0 radical (unpaired) electrons. The second-order valence-electron chi connectivity index (χ2n) is 6.74. The third-order valence-corrected chi connectivity index (χ3v) is 3.94. The largest absolute Gasteiger partial charge is 0.491 e. The number of aliphatic hydroxyl groups is 1. The van der Waals surface area contributed by atoms with E-state index in [1.54, 1.807) is 0 Å². The van der Waals surface area contributed by atoms with E-state index in [1.807, 2.05) is 38.1 Å². The van der Waals surface area contributed by atoms with Crippen molar-refractivity contribution in [1.82, 2.24) is 5.32 Å². The van der Waals surface area contributed by atoms with E-state index >= 15 is 0 Å². The number of hydrogen-bond donors (Lipinski definition) is 2. The van der Waals surface area contributed by atoms with Crippen LogP contribution in [0.25, 0.3) is 0 Å². The van der Waals surface area contributed by atoms with Crippen molar-refractivity contribution in [1.29, 1.82) is 0 Å². The molecule has 0 aromatic heterocycles. The summed E-state index contributed by atoms with van der Waals surface area (Å²) in [5.41, 5.74) is 0.895. The van der Waals surface area contributed by atoms with Crippen LogP contribution in [0.15, 0.2) is 24.3 Å². The van der Waals surface area contributed by atoms with Gasteiger partial charge in [-0.25, -0.2) is 0 Å². The summed E-state index contributed by atoms with van der Waals surface area (Å²) >= 11 is 0. The van der Waals surface area contributed by atoms with Crippen LogP contribution in [0.2, 0.25) is 0 Å². The molecule has 4 nitrogen and oxygen atoms in total. The average Bonchev–Trinajstić information content (AvgIpc) is 3.05. The quantitative estimate of drug-likeness (QED) is 0.847. The van der Waals surface area contributed by atoms with Crippen LogP contribution in [0.3, 0.4) is 0 Å². The van der Waals surface area contributed by atoms with E-state index in [4.69, 9.17) is 4.74 Å². The number of ether oxygens (including phenoxy) is 1. The Morgan fingerprint density at radius 3 is 2.43 bits per heavy atom. The highest BCUT2D eigenvalue weighted by atomic mass is 16.5. The van der Waals surface area contributed by atoms with Crippen LogP contribution in [0.4, 0.5) is 0 Å². The number of benzene rings is 1. The SMILES string of the molecule is CC(C)Oc1ccc(C(O)CNC(=O)C2CC2(C)C)cc1. The first-order valence-corrected chi connectivity index (χ1v) is 7.52. The van der Waals surface area contributed by atoms with Crippen molar-refractivity contribution in [3.63, 3.8) is 0 Å². The maximum Gasteiger partial charge on any atom is 0.223 e. The Labute approximate surface area is 126 Å². The van der Waals surface area contributed by atoms with Crippen molar-refractivity contribution >= 4 is 5.91 Å².